The number of aromatic hydroxyl groups is 1. The molecule has 7 heteroatoms. The van der Waals surface area contributed by atoms with Crippen LogP contribution in [0.2, 0.25) is 0 Å². The number of methoxy groups -OCH3 is 1. The Morgan fingerprint density at radius 3 is 2.60 bits per heavy atom. The Labute approximate surface area is 174 Å². The van der Waals surface area contributed by atoms with Crippen molar-refractivity contribution in [1.82, 2.24) is 9.47 Å². The number of aromatic nitrogens is 1. The van der Waals surface area contributed by atoms with Crippen LogP contribution in [0.5, 0.6) is 17.4 Å². The summed E-state index contributed by atoms with van der Waals surface area (Å²) in [6, 6.07) is 7.67. The number of hydrogen-bond acceptors (Lipinski definition) is 4. The van der Waals surface area contributed by atoms with Gasteiger partial charge in [0.2, 0.25) is 5.88 Å². The smallest absolute Gasteiger partial charge is 0.206 e. The van der Waals surface area contributed by atoms with Crippen molar-refractivity contribution in [3.63, 3.8) is 0 Å². The molecule has 0 saturated carbocycles. The summed E-state index contributed by atoms with van der Waals surface area (Å²) < 4.78 is 40.5. The Kier molecular flexibility index (Phi) is 5.81. The van der Waals surface area contributed by atoms with Crippen molar-refractivity contribution in [2.24, 2.45) is 5.92 Å². The van der Waals surface area contributed by atoms with E-state index in [4.69, 9.17) is 9.47 Å². The molecule has 30 heavy (non-hydrogen) atoms. The van der Waals surface area contributed by atoms with Gasteiger partial charge in [0.05, 0.1) is 18.2 Å². The lowest BCUT2D eigenvalue weighted by atomic mass is 9.99. The number of nitrogens with zero attached hydrogens (tertiary/aromatic N) is 2. The minimum Gasteiger partial charge on any atom is -0.494 e. The van der Waals surface area contributed by atoms with Gasteiger partial charge in [-0.15, -0.1) is 0 Å². The van der Waals surface area contributed by atoms with Gasteiger partial charge in [0.25, 0.3) is 0 Å². The van der Waals surface area contributed by atoms with E-state index in [2.05, 4.69) is 11.8 Å². The van der Waals surface area contributed by atoms with Crippen molar-refractivity contribution < 1.29 is 23.4 Å². The summed E-state index contributed by atoms with van der Waals surface area (Å²) in [5, 5.41) is 10.8. The molecule has 1 aromatic heterocycles. The lowest BCUT2D eigenvalue weighted by molar-refractivity contribution is 0.158. The van der Waals surface area contributed by atoms with Gasteiger partial charge in [0.15, 0.2) is 23.1 Å². The second-order valence-electron chi connectivity index (χ2n) is 7.86. The van der Waals surface area contributed by atoms with Gasteiger partial charge in [-0.1, -0.05) is 6.92 Å². The van der Waals surface area contributed by atoms with Gasteiger partial charge in [0, 0.05) is 24.2 Å². The van der Waals surface area contributed by atoms with Gasteiger partial charge < -0.3 is 14.6 Å². The summed E-state index contributed by atoms with van der Waals surface area (Å²) in [7, 11) is 1.56. The second-order valence-corrected chi connectivity index (χ2v) is 7.86. The van der Waals surface area contributed by atoms with Crippen LogP contribution in [-0.4, -0.2) is 47.9 Å². The molecule has 5 nitrogen and oxygen atoms in total. The SMILES string of the molecule is COc1ccc(-n2cc3ccc(F)c(F)c3c2O)cc1OCCN1CCC(C)CC1. The van der Waals surface area contributed by atoms with E-state index in [1.165, 1.54) is 23.5 Å². The zero-order valence-corrected chi connectivity index (χ0v) is 17.2. The molecule has 0 atom stereocenters. The second kappa shape index (κ2) is 8.52. The molecule has 1 aliphatic heterocycles. The van der Waals surface area contributed by atoms with Crippen LogP contribution in [0.25, 0.3) is 16.5 Å². The van der Waals surface area contributed by atoms with Crippen LogP contribution >= 0.6 is 0 Å². The van der Waals surface area contributed by atoms with E-state index in [1.807, 2.05) is 0 Å². The van der Waals surface area contributed by atoms with Crippen LogP contribution in [0.3, 0.4) is 0 Å². The normalized spacial score (nSPS) is 15.6. The number of benzene rings is 2. The first-order valence-electron chi connectivity index (χ1n) is 10.2. The molecular weight excluding hydrogens is 390 g/mol. The first-order valence-corrected chi connectivity index (χ1v) is 10.2. The molecule has 1 N–H and O–H groups in total. The Morgan fingerprint density at radius 1 is 1.10 bits per heavy atom. The van der Waals surface area contributed by atoms with Crippen LogP contribution in [0.4, 0.5) is 8.78 Å². The van der Waals surface area contributed by atoms with Crippen molar-refractivity contribution in [1.29, 1.82) is 0 Å². The van der Waals surface area contributed by atoms with E-state index in [9.17, 15) is 13.9 Å². The molecule has 0 amide bonds. The van der Waals surface area contributed by atoms with Crippen molar-refractivity contribution in [3.05, 3.63) is 48.2 Å². The Bertz CT molecular complexity index is 1040. The van der Waals surface area contributed by atoms with Crippen molar-refractivity contribution >= 4 is 10.8 Å². The number of rotatable bonds is 6. The highest BCUT2D eigenvalue weighted by molar-refractivity contribution is 5.89. The fourth-order valence-corrected chi connectivity index (χ4v) is 3.92. The summed E-state index contributed by atoms with van der Waals surface area (Å²) in [5.41, 5.74) is 0.561. The third kappa shape index (κ3) is 3.94. The Hall–Kier alpha value is -2.80. The number of halogens is 2. The predicted molar refractivity (Wildman–Crippen MR) is 112 cm³/mol. The fourth-order valence-electron chi connectivity index (χ4n) is 3.92. The Morgan fingerprint density at radius 2 is 1.87 bits per heavy atom. The van der Waals surface area contributed by atoms with E-state index in [-0.39, 0.29) is 11.3 Å². The van der Waals surface area contributed by atoms with Gasteiger partial charge in [-0.25, -0.2) is 8.78 Å². The van der Waals surface area contributed by atoms with Crippen molar-refractivity contribution in [3.8, 4) is 23.1 Å². The molecule has 0 radical (unpaired) electrons. The van der Waals surface area contributed by atoms with Crippen molar-refractivity contribution in [2.45, 2.75) is 19.8 Å². The quantitative estimate of drug-likeness (QED) is 0.631. The molecule has 0 unspecified atom stereocenters. The van der Waals surface area contributed by atoms with E-state index < -0.39 is 11.6 Å². The number of fused-ring (bicyclic) bond motifs is 1. The number of piperidine rings is 1. The molecular formula is C23H26F2N2O3. The minimum atomic E-state index is -1.07. The largest absolute Gasteiger partial charge is 0.494 e. The molecule has 0 spiro atoms. The number of ether oxygens (including phenoxy) is 2. The summed E-state index contributed by atoms with van der Waals surface area (Å²) in [6.45, 7) is 5.77. The highest BCUT2D eigenvalue weighted by Crippen LogP contribution is 2.36. The van der Waals surface area contributed by atoms with Crippen molar-refractivity contribution in [2.75, 3.05) is 33.4 Å². The first-order chi connectivity index (χ1) is 14.5. The maximum atomic E-state index is 14.2. The lowest BCUT2D eigenvalue weighted by Crippen LogP contribution is -2.35. The summed E-state index contributed by atoms with van der Waals surface area (Å²) in [4.78, 5) is 2.39. The highest BCUT2D eigenvalue weighted by atomic mass is 19.2. The number of likely N-dealkylation sites (tertiary alicyclic amines) is 1. The highest BCUT2D eigenvalue weighted by Gasteiger charge is 2.19. The molecule has 0 aliphatic carbocycles. The average molecular weight is 416 g/mol. The average Bonchev–Trinajstić information content (AvgIpc) is 3.09. The van der Waals surface area contributed by atoms with E-state index in [0.29, 0.717) is 29.2 Å². The summed E-state index contributed by atoms with van der Waals surface area (Å²) in [5.74, 6) is -0.544. The first kappa shape index (κ1) is 20.5. The summed E-state index contributed by atoms with van der Waals surface area (Å²) >= 11 is 0. The predicted octanol–water partition coefficient (Wildman–Crippen LogP) is 4.73. The van der Waals surface area contributed by atoms with E-state index >= 15 is 0 Å². The maximum absolute atomic E-state index is 14.2. The minimum absolute atomic E-state index is 0.146. The van der Waals surface area contributed by atoms with Crippen LogP contribution in [0, 0.1) is 17.6 Å². The zero-order chi connectivity index (χ0) is 21.3. The molecule has 160 valence electrons. The lowest BCUT2D eigenvalue weighted by Gasteiger charge is -2.30. The molecule has 1 aliphatic rings. The topological polar surface area (TPSA) is 46.9 Å². The standard InChI is InChI=1S/C23H26F2N2O3/c1-15-7-9-26(10-8-15)11-12-30-20-13-17(4-6-19(20)29-2)27-14-16-3-5-18(24)22(25)21(16)23(27)28/h3-6,13-15,28H,7-12H2,1-2H3. The van der Waals surface area contributed by atoms with Gasteiger partial charge in [-0.2, -0.15) is 0 Å². The van der Waals surface area contributed by atoms with Gasteiger partial charge >= 0.3 is 0 Å². The molecule has 4 rings (SSSR count). The summed E-state index contributed by atoms with van der Waals surface area (Å²) in [6.07, 6.45) is 3.97. The van der Waals surface area contributed by atoms with Crippen LogP contribution in [0.15, 0.2) is 36.5 Å². The maximum Gasteiger partial charge on any atom is 0.206 e. The third-order valence-electron chi connectivity index (χ3n) is 5.81. The molecule has 2 aromatic carbocycles. The Balaban J connectivity index is 1.56. The van der Waals surface area contributed by atoms with E-state index in [0.717, 1.165) is 31.6 Å². The van der Waals surface area contributed by atoms with Gasteiger partial charge in [-0.05, 0) is 56.1 Å². The third-order valence-corrected chi connectivity index (χ3v) is 5.81. The van der Waals surface area contributed by atoms with E-state index in [1.54, 1.807) is 31.5 Å². The fraction of sp³-hybridized carbons (Fsp3) is 0.391. The molecule has 0 bridgehead atoms. The molecule has 3 aromatic rings. The van der Waals surface area contributed by atoms with Crippen LogP contribution in [0.1, 0.15) is 19.8 Å². The van der Waals surface area contributed by atoms with Gasteiger partial charge in [0.1, 0.15) is 6.61 Å². The van der Waals surface area contributed by atoms with Crippen LogP contribution < -0.4 is 9.47 Å². The number of hydrogen-bond donors (Lipinski definition) is 1. The molecule has 1 saturated heterocycles. The zero-order valence-electron chi connectivity index (χ0n) is 17.2. The van der Waals surface area contributed by atoms with Crippen LogP contribution in [-0.2, 0) is 0 Å². The molecule has 2 heterocycles. The van der Waals surface area contributed by atoms with Gasteiger partial charge in [-0.3, -0.25) is 9.47 Å². The molecule has 1 fully saturated rings. The monoisotopic (exact) mass is 416 g/mol.